The summed E-state index contributed by atoms with van der Waals surface area (Å²) in [6, 6.07) is 0. The third-order valence-electron chi connectivity index (χ3n) is 4.54. The highest BCUT2D eigenvalue weighted by Gasteiger charge is 2.64. The maximum Gasteiger partial charge on any atom is 0.510 e. The minimum absolute atomic E-state index is 0.507. The fourth-order valence-corrected chi connectivity index (χ4v) is 3.62. The molecule has 32 heavy (non-hydrogen) atoms. The third-order valence-corrected chi connectivity index (χ3v) is 5.43. The molecular formula is C16H26FN2O12P. The van der Waals surface area contributed by atoms with Gasteiger partial charge in [-0.25, -0.2) is 18.3 Å². The quantitative estimate of drug-likeness (QED) is 0.151. The van der Waals surface area contributed by atoms with Gasteiger partial charge in [0.2, 0.25) is 19.1 Å². The topological polar surface area (TPSA) is 194 Å². The molecule has 0 aromatic rings. The number of amides is 1. The Morgan fingerprint density at radius 1 is 1.41 bits per heavy atom. The van der Waals surface area contributed by atoms with E-state index in [9.17, 15) is 38.8 Å². The van der Waals surface area contributed by atoms with Crippen molar-refractivity contribution >= 4 is 19.9 Å². The number of alkyl halides is 1. The molecule has 0 radical (unpaired) electrons. The summed E-state index contributed by atoms with van der Waals surface area (Å²) in [5.74, 6) is -0.648. The fourth-order valence-electron chi connectivity index (χ4n) is 2.98. The summed E-state index contributed by atoms with van der Waals surface area (Å²) in [6.07, 6.45) is -4.93. The average Bonchev–Trinajstić information content (AvgIpc) is 2.87. The molecule has 2 rings (SSSR count). The van der Waals surface area contributed by atoms with Crippen molar-refractivity contribution in [3.05, 3.63) is 12.3 Å². The third kappa shape index (κ3) is 5.94. The predicted molar refractivity (Wildman–Crippen MR) is 99.8 cm³/mol. The molecule has 1 amide bonds. The molecule has 2 aliphatic rings. The van der Waals surface area contributed by atoms with Crippen LogP contribution in [0.1, 0.15) is 20.8 Å². The van der Waals surface area contributed by atoms with E-state index in [1.807, 2.05) is 0 Å². The van der Waals surface area contributed by atoms with Crippen LogP contribution in [0, 0.1) is 0 Å². The van der Waals surface area contributed by atoms with E-state index in [0.717, 1.165) is 24.1 Å². The van der Waals surface area contributed by atoms with E-state index in [0.29, 0.717) is 0 Å². The molecule has 0 aliphatic carbocycles. The second kappa shape index (κ2) is 9.97. The van der Waals surface area contributed by atoms with E-state index in [4.69, 9.17) is 4.74 Å². The van der Waals surface area contributed by atoms with E-state index < -0.39 is 75.9 Å². The molecule has 5 N–H and O–H groups in total. The van der Waals surface area contributed by atoms with Gasteiger partial charge in [-0.1, -0.05) is 0 Å². The van der Waals surface area contributed by atoms with Gasteiger partial charge < -0.3 is 44.6 Å². The van der Waals surface area contributed by atoms with Gasteiger partial charge in [-0.15, -0.1) is 0 Å². The molecule has 2 unspecified atom stereocenters. The summed E-state index contributed by atoms with van der Waals surface area (Å²) >= 11 is 0. The van der Waals surface area contributed by atoms with Crippen LogP contribution in [-0.2, 0) is 32.6 Å². The molecule has 0 aromatic carbocycles. The molecule has 0 bridgehead atoms. The largest absolute Gasteiger partial charge is 0.510 e. The summed E-state index contributed by atoms with van der Waals surface area (Å²) in [5.41, 5.74) is -4.59. The lowest BCUT2D eigenvalue weighted by molar-refractivity contribution is -0.190. The van der Waals surface area contributed by atoms with E-state index in [1.165, 1.54) is 0 Å². The van der Waals surface area contributed by atoms with Crippen molar-refractivity contribution in [3.63, 3.8) is 0 Å². The van der Waals surface area contributed by atoms with Gasteiger partial charge in [0.15, 0.2) is 11.8 Å². The fraction of sp³-hybridized carbons (Fsp3) is 0.750. The molecule has 0 aromatic heterocycles. The first-order chi connectivity index (χ1) is 14.7. The first-order valence-electron chi connectivity index (χ1n) is 9.28. The van der Waals surface area contributed by atoms with E-state index >= 15 is 0 Å². The van der Waals surface area contributed by atoms with Gasteiger partial charge in [0.1, 0.15) is 18.4 Å². The van der Waals surface area contributed by atoms with Crippen LogP contribution in [0.5, 0.6) is 0 Å². The number of nitrogens with zero attached hydrogens (tertiary/aromatic N) is 1. The maximum atomic E-state index is 14.0. The Bertz CT molecular complexity index is 780. The van der Waals surface area contributed by atoms with Gasteiger partial charge in [-0.2, -0.15) is 0 Å². The van der Waals surface area contributed by atoms with Crippen LogP contribution in [0.2, 0.25) is 0 Å². The Morgan fingerprint density at radius 2 is 2.06 bits per heavy atom. The molecule has 0 spiro atoms. The zero-order valence-electron chi connectivity index (χ0n) is 17.4. The van der Waals surface area contributed by atoms with Crippen LogP contribution >= 0.6 is 7.82 Å². The molecule has 0 saturated carbocycles. The summed E-state index contributed by atoms with van der Waals surface area (Å²) in [4.78, 5) is 33.2. The zero-order chi connectivity index (χ0) is 24.3. The molecular weight excluding hydrogens is 462 g/mol. The summed E-state index contributed by atoms with van der Waals surface area (Å²) in [7, 11) is -4.94. The molecule has 1 fully saturated rings. The highest BCUT2D eigenvalue weighted by atomic mass is 31.2. The van der Waals surface area contributed by atoms with Crippen molar-refractivity contribution in [2.45, 2.75) is 56.8 Å². The number of halogens is 1. The van der Waals surface area contributed by atoms with Crippen molar-refractivity contribution in [1.29, 1.82) is 0 Å². The number of phosphoric ester groups is 1. The Hall–Kier alpha value is -1.84. The van der Waals surface area contributed by atoms with Crippen molar-refractivity contribution in [1.82, 2.24) is 10.2 Å². The highest BCUT2D eigenvalue weighted by Crippen LogP contribution is 2.47. The number of carbonyl (C=O) groups is 2. The summed E-state index contributed by atoms with van der Waals surface area (Å²) in [5, 5.41) is 33.3. The van der Waals surface area contributed by atoms with Crippen LogP contribution in [-0.4, -0.2) is 93.2 Å². The number of rotatable bonds is 9. The van der Waals surface area contributed by atoms with Gasteiger partial charge in [0.05, 0.1) is 12.7 Å². The van der Waals surface area contributed by atoms with E-state index in [-0.39, 0.29) is 0 Å². The van der Waals surface area contributed by atoms with Crippen LogP contribution in [0.15, 0.2) is 12.3 Å². The SMILES string of the molecule is CC(C)OC(=O)OCOP(=O)(O)OC[C@@]1(CF)O[C@@H](N2C=CC(=O)NC2O)[C@](C)(O)[C@@H]1O. The number of ether oxygens (including phenoxy) is 3. The summed E-state index contributed by atoms with van der Waals surface area (Å²) < 4.78 is 49.5. The van der Waals surface area contributed by atoms with E-state index in [2.05, 4.69) is 23.8 Å². The second-order valence-electron chi connectivity index (χ2n) is 7.49. The number of carbonyl (C=O) groups excluding carboxylic acids is 2. The van der Waals surface area contributed by atoms with Crippen LogP contribution < -0.4 is 5.32 Å². The second-order valence-corrected chi connectivity index (χ2v) is 8.95. The Labute approximate surface area is 182 Å². The van der Waals surface area contributed by atoms with E-state index in [1.54, 1.807) is 13.8 Å². The lowest BCUT2D eigenvalue weighted by Gasteiger charge is -2.39. The van der Waals surface area contributed by atoms with Crippen molar-refractivity contribution in [3.8, 4) is 0 Å². The lowest BCUT2D eigenvalue weighted by Crippen LogP contribution is -2.59. The first-order valence-corrected chi connectivity index (χ1v) is 10.8. The number of aliphatic hydroxyl groups excluding tert-OH is 2. The Kier molecular flexibility index (Phi) is 8.23. The Balaban J connectivity index is 2.05. The van der Waals surface area contributed by atoms with Crippen molar-refractivity contribution < 1.29 is 62.0 Å². The number of aliphatic hydroxyl groups is 3. The molecule has 1 saturated heterocycles. The normalized spacial score (nSPS) is 34.3. The van der Waals surface area contributed by atoms with Gasteiger partial charge in [0.25, 0.3) is 0 Å². The molecule has 14 nitrogen and oxygen atoms in total. The molecule has 6 atom stereocenters. The smallest absolute Gasteiger partial charge is 0.432 e. The highest BCUT2D eigenvalue weighted by molar-refractivity contribution is 7.47. The lowest BCUT2D eigenvalue weighted by atomic mass is 9.88. The van der Waals surface area contributed by atoms with Crippen LogP contribution in [0.25, 0.3) is 0 Å². The molecule has 184 valence electrons. The number of phosphoric acid groups is 1. The predicted octanol–water partition coefficient (Wildman–Crippen LogP) is -0.963. The van der Waals surface area contributed by atoms with Gasteiger partial charge in [-0.05, 0) is 20.8 Å². The molecule has 2 heterocycles. The number of hydrogen-bond acceptors (Lipinski definition) is 12. The zero-order valence-corrected chi connectivity index (χ0v) is 18.3. The van der Waals surface area contributed by atoms with Crippen LogP contribution in [0.4, 0.5) is 9.18 Å². The van der Waals surface area contributed by atoms with Crippen molar-refractivity contribution in [2.75, 3.05) is 20.1 Å². The average molecular weight is 488 g/mol. The summed E-state index contributed by atoms with van der Waals surface area (Å²) in [6.45, 7) is 0.552. The van der Waals surface area contributed by atoms with Gasteiger partial charge in [-0.3, -0.25) is 9.32 Å². The number of hydrogen-bond donors (Lipinski definition) is 5. The van der Waals surface area contributed by atoms with Gasteiger partial charge in [0, 0.05) is 12.3 Å². The standard InChI is InChI=1S/C16H26FN2O12P/c1-9(2)30-14(23)27-8-29-32(25,26)28-7-16(6-17)11(21)15(3,24)12(31-16)19-5-4-10(20)18-13(19)22/h4-5,9,11-13,21-22,24H,6-8H2,1-3H3,(H,18,20)(H,25,26)/t11-,12+,13?,15+,16+/m0/s1. The molecule has 16 heteroatoms. The minimum Gasteiger partial charge on any atom is -0.432 e. The first kappa shape index (κ1) is 26.4. The number of nitrogens with one attached hydrogen (secondary N) is 1. The monoisotopic (exact) mass is 488 g/mol. The van der Waals surface area contributed by atoms with Crippen LogP contribution in [0.3, 0.4) is 0 Å². The van der Waals surface area contributed by atoms with Crippen molar-refractivity contribution in [2.24, 2.45) is 0 Å². The minimum atomic E-state index is -4.94. The Morgan fingerprint density at radius 3 is 2.62 bits per heavy atom. The maximum absolute atomic E-state index is 14.0. The van der Waals surface area contributed by atoms with Gasteiger partial charge >= 0.3 is 14.0 Å². The molecule has 2 aliphatic heterocycles.